The highest BCUT2D eigenvalue weighted by Gasteiger charge is 2.21. The van der Waals surface area contributed by atoms with Crippen LogP contribution in [0.1, 0.15) is 17.2 Å². The van der Waals surface area contributed by atoms with E-state index in [0.717, 1.165) is 11.6 Å². The van der Waals surface area contributed by atoms with Gasteiger partial charge in [-0.05, 0) is 30.7 Å². The normalized spacial score (nSPS) is 13.2. The quantitative estimate of drug-likeness (QED) is 0.943. The van der Waals surface area contributed by atoms with Crippen LogP contribution in [0.25, 0.3) is 0 Å². The number of hydrogen-bond donors (Lipinski definition) is 1. The van der Waals surface area contributed by atoms with Crippen molar-refractivity contribution in [3.8, 4) is 0 Å². The summed E-state index contributed by atoms with van der Waals surface area (Å²) in [6.45, 7) is 1.90. The van der Waals surface area contributed by atoms with Gasteiger partial charge in [0.15, 0.2) is 9.84 Å². The van der Waals surface area contributed by atoms with Crippen molar-refractivity contribution >= 4 is 9.84 Å². The standard InChI is InChI=1S/C15H15FO3S/c1-11-5-7-12(8-6-11)15(17)10-20(18,19)14-4-2-3-13(16)9-14/h2-9,15,17H,10H2,1H3. The van der Waals surface area contributed by atoms with Crippen molar-refractivity contribution in [2.24, 2.45) is 0 Å². The van der Waals surface area contributed by atoms with Gasteiger partial charge in [0.1, 0.15) is 5.82 Å². The second-order valence-electron chi connectivity index (χ2n) is 4.67. The first-order valence-corrected chi connectivity index (χ1v) is 7.77. The van der Waals surface area contributed by atoms with Crippen LogP contribution in [0.4, 0.5) is 4.39 Å². The Balaban J connectivity index is 2.22. The van der Waals surface area contributed by atoms with Crippen LogP contribution in [0.15, 0.2) is 53.4 Å². The van der Waals surface area contributed by atoms with Gasteiger partial charge in [-0.3, -0.25) is 0 Å². The highest BCUT2D eigenvalue weighted by Crippen LogP contribution is 2.20. The van der Waals surface area contributed by atoms with E-state index in [0.29, 0.717) is 5.56 Å². The Bertz CT molecular complexity index is 693. The number of benzene rings is 2. The van der Waals surface area contributed by atoms with E-state index < -0.39 is 27.5 Å². The summed E-state index contributed by atoms with van der Waals surface area (Å²) in [5.74, 6) is -1.09. The molecular formula is C15H15FO3S. The van der Waals surface area contributed by atoms with Gasteiger partial charge < -0.3 is 5.11 Å². The van der Waals surface area contributed by atoms with E-state index in [1.807, 2.05) is 6.92 Å². The maximum atomic E-state index is 13.1. The first-order chi connectivity index (χ1) is 9.38. The van der Waals surface area contributed by atoms with Gasteiger partial charge in [0, 0.05) is 0 Å². The molecule has 3 nitrogen and oxygen atoms in total. The number of sulfone groups is 1. The highest BCUT2D eigenvalue weighted by molar-refractivity contribution is 7.91. The SMILES string of the molecule is Cc1ccc(C(O)CS(=O)(=O)c2cccc(F)c2)cc1. The molecule has 1 unspecified atom stereocenters. The van der Waals surface area contributed by atoms with Gasteiger partial charge in [0.25, 0.3) is 0 Å². The van der Waals surface area contributed by atoms with Crippen molar-refractivity contribution in [2.75, 3.05) is 5.75 Å². The van der Waals surface area contributed by atoms with E-state index in [2.05, 4.69) is 0 Å². The van der Waals surface area contributed by atoms with Gasteiger partial charge in [-0.15, -0.1) is 0 Å². The van der Waals surface area contributed by atoms with E-state index >= 15 is 0 Å². The first-order valence-electron chi connectivity index (χ1n) is 6.11. The van der Waals surface area contributed by atoms with Gasteiger partial charge in [-0.1, -0.05) is 35.9 Å². The Labute approximate surface area is 117 Å². The molecule has 2 aromatic carbocycles. The zero-order valence-electron chi connectivity index (χ0n) is 11.0. The van der Waals surface area contributed by atoms with Gasteiger partial charge in [0.05, 0.1) is 16.8 Å². The molecule has 0 aliphatic carbocycles. The molecule has 0 spiro atoms. The molecule has 0 fully saturated rings. The van der Waals surface area contributed by atoms with Gasteiger partial charge in [0.2, 0.25) is 0 Å². The molecule has 0 aliphatic rings. The predicted molar refractivity (Wildman–Crippen MR) is 74.6 cm³/mol. The molecule has 0 saturated carbocycles. The van der Waals surface area contributed by atoms with E-state index in [4.69, 9.17) is 0 Å². The van der Waals surface area contributed by atoms with Crippen molar-refractivity contribution in [1.82, 2.24) is 0 Å². The molecule has 2 aromatic rings. The monoisotopic (exact) mass is 294 g/mol. The molecule has 1 N–H and O–H groups in total. The second-order valence-corrected chi connectivity index (χ2v) is 6.70. The predicted octanol–water partition coefficient (Wildman–Crippen LogP) is 2.64. The lowest BCUT2D eigenvalue weighted by atomic mass is 10.1. The van der Waals surface area contributed by atoms with E-state index in [9.17, 15) is 17.9 Å². The summed E-state index contributed by atoms with van der Waals surface area (Å²) >= 11 is 0. The molecule has 1 atom stereocenters. The summed E-state index contributed by atoms with van der Waals surface area (Å²) in [6, 6.07) is 11.7. The average Bonchev–Trinajstić information content (AvgIpc) is 2.39. The van der Waals surface area contributed by atoms with Crippen LogP contribution in [-0.2, 0) is 9.84 Å². The van der Waals surface area contributed by atoms with Gasteiger partial charge >= 0.3 is 0 Å². The molecule has 0 radical (unpaired) electrons. The lowest BCUT2D eigenvalue weighted by molar-refractivity contribution is 0.201. The Morgan fingerprint density at radius 3 is 2.40 bits per heavy atom. The number of hydrogen-bond acceptors (Lipinski definition) is 3. The van der Waals surface area contributed by atoms with Gasteiger partial charge in [-0.2, -0.15) is 0 Å². The molecule has 0 amide bonds. The van der Waals surface area contributed by atoms with Crippen LogP contribution in [0.5, 0.6) is 0 Å². The van der Waals surface area contributed by atoms with E-state index in [1.165, 1.54) is 18.2 Å². The molecule has 0 aliphatic heterocycles. The van der Waals surface area contributed by atoms with Crippen LogP contribution >= 0.6 is 0 Å². The fourth-order valence-corrected chi connectivity index (χ4v) is 3.23. The number of aliphatic hydroxyl groups excluding tert-OH is 1. The summed E-state index contributed by atoms with van der Waals surface area (Å²) in [6.07, 6.45) is -1.14. The molecule has 106 valence electrons. The lowest BCUT2D eigenvalue weighted by Crippen LogP contribution is -2.15. The largest absolute Gasteiger partial charge is 0.387 e. The molecule has 0 aromatic heterocycles. The Morgan fingerprint density at radius 1 is 1.15 bits per heavy atom. The molecule has 0 heterocycles. The van der Waals surface area contributed by atoms with Gasteiger partial charge in [-0.25, -0.2) is 12.8 Å². The minimum Gasteiger partial charge on any atom is -0.387 e. The van der Waals surface area contributed by atoms with Crippen molar-refractivity contribution < 1.29 is 17.9 Å². The maximum absolute atomic E-state index is 13.1. The number of rotatable bonds is 4. The molecule has 5 heteroatoms. The van der Waals surface area contributed by atoms with Crippen LogP contribution in [0.3, 0.4) is 0 Å². The van der Waals surface area contributed by atoms with Crippen molar-refractivity contribution in [2.45, 2.75) is 17.9 Å². The third-order valence-electron chi connectivity index (χ3n) is 2.99. The maximum Gasteiger partial charge on any atom is 0.181 e. The zero-order valence-corrected chi connectivity index (χ0v) is 11.8. The van der Waals surface area contributed by atoms with Crippen LogP contribution in [0, 0.1) is 12.7 Å². The summed E-state index contributed by atoms with van der Waals surface area (Å²) in [5, 5.41) is 10.0. The van der Waals surface area contributed by atoms with E-state index in [-0.39, 0.29) is 4.90 Å². The van der Waals surface area contributed by atoms with Crippen molar-refractivity contribution in [1.29, 1.82) is 0 Å². The summed E-state index contributed by atoms with van der Waals surface area (Å²) < 4.78 is 37.3. The highest BCUT2D eigenvalue weighted by atomic mass is 32.2. The third-order valence-corrected chi connectivity index (χ3v) is 4.72. The fourth-order valence-electron chi connectivity index (χ4n) is 1.85. The first kappa shape index (κ1) is 14.7. The topological polar surface area (TPSA) is 54.4 Å². The molecule has 20 heavy (non-hydrogen) atoms. The number of aliphatic hydroxyl groups is 1. The summed E-state index contributed by atoms with van der Waals surface area (Å²) in [5.41, 5.74) is 1.55. The van der Waals surface area contributed by atoms with Crippen LogP contribution in [-0.4, -0.2) is 19.3 Å². The van der Waals surface area contributed by atoms with Crippen LogP contribution in [0.2, 0.25) is 0 Å². The number of aryl methyl sites for hydroxylation is 1. The molecular weight excluding hydrogens is 279 g/mol. The smallest absolute Gasteiger partial charge is 0.181 e. The minimum absolute atomic E-state index is 0.122. The summed E-state index contributed by atoms with van der Waals surface area (Å²) in [4.78, 5) is -0.122. The van der Waals surface area contributed by atoms with Crippen molar-refractivity contribution in [3.63, 3.8) is 0 Å². The average molecular weight is 294 g/mol. The summed E-state index contributed by atoms with van der Waals surface area (Å²) in [7, 11) is -3.73. The van der Waals surface area contributed by atoms with Crippen LogP contribution < -0.4 is 0 Å². The Hall–Kier alpha value is -1.72. The van der Waals surface area contributed by atoms with Crippen molar-refractivity contribution in [3.05, 3.63) is 65.5 Å². The van der Waals surface area contributed by atoms with E-state index in [1.54, 1.807) is 24.3 Å². The second kappa shape index (κ2) is 5.73. The Morgan fingerprint density at radius 2 is 1.80 bits per heavy atom. The Kier molecular flexibility index (Phi) is 4.20. The number of halogens is 1. The molecule has 0 bridgehead atoms. The third kappa shape index (κ3) is 3.43. The molecule has 2 rings (SSSR count). The zero-order chi connectivity index (χ0) is 14.8. The minimum atomic E-state index is -3.73. The fraction of sp³-hybridized carbons (Fsp3) is 0.200. The lowest BCUT2D eigenvalue weighted by Gasteiger charge is -2.12. The molecule has 0 saturated heterocycles.